The number of benzene rings is 4. The van der Waals surface area contributed by atoms with Gasteiger partial charge >= 0.3 is 0 Å². The Hall–Kier alpha value is -6.01. The van der Waals surface area contributed by atoms with Gasteiger partial charge in [-0.3, -0.25) is 9.59 Å². The zero-order chi connectivity index (χ0) is 37.7. The number of aliphatic hydroxyl groups is 4. The first-order valence-corrected chi connectivity index (χ1v) is 17.0. The number of aromatic nitrogens is 3. The lowest BCUT2D eigenvalue weighted by Crippen LogP contribution is -2.56. The van der Waals surface area contributed by atoms with Crippen LogP contribution in [0.2, 0.25) is 0 Å². The molecule has 54 heavy (non-hydrogen) atoms. The minimum absolute atomic E-state index is 0.00808. The van der Waals surface area contributed by atoms with E-state index < -0.39 is 49.1 Å². The van der Waals surface area contributed by atoms with Gasteiger partial charge < -0.3 is 54.4 Å². The van der Waals surface area contributed by atoms with Gasteiger partial charge in [0.25, 0.3) is 11.8 Å². The van der Waals surface area contributed by atoms with Crippen molar-refractivity contribution in [2.75, 3.05) is 20.8 Å². The predicted octanol–water partition coefficient (Wildman–Crippen LogP) is 2.68. The van der Waals surface area contributed by atoms with E-state index >= 15 is 0 Å². The molecular weight excluding hydrogens is 702 g/mol. The third kappa shape index (κ3) is 4.68. The number of ether oxygens (including phenoxy) is 3. The standard InChI is InChI=1S/C38H33N5O11/c1-52-23-5-3-4-20-24(53-2)10-15(40-30(20)23)13-39-43-36(50)28-26-18-8-6-16(45)11-21(18)41-31(26)32-27(29(28)37(43)51)19-9-7-17(46)12-22(19)42(32)38-35(49)34(48)33(47)25(14-44)54-38/h3-12,25,33-35,38-39,41,44-49H,13-14H2,1-2H3. The van der Waals surface area contributed by atoms with Crippen LogP contribution in [0.3, 0.4) is 0 Å². The second-order valence-corrected chi connectivity index (χ2v) is 13.3. The summed E-state index contributed by atoms with van der Waals surface area (Å²) < 4.78 is 18.6. The van der Waals surface area contributed by atoms with E-state index in [9.17, 15) is 40.2 Å². The van der Waals surface area contributed by atoms with E-state index in [1.807, 2.05) is 12.1 Å². The molecule has 5 heterocycles. The molecule has 8 N–H and O–H groups in total. The van der Waals surface area contributed by atoms with Gasteiger partial charge in [-0.2, -0.15) is 0 Å². The molecule has 16 nitrogen and oxygen atoms in total. The van der Waals surface area contributed by atoms with Crippen LogP contribution in [-0.2, 0) is 11.3 Å². The number of amides is 2. The van der Waals surface area contributed by atoms with Gasteiger partial charge in [0.2, 0.25) is 0 Å². The molecule has 2 amide bonds. The van der Waals surface area contributed by atoms with Crippen molar-refractivity contribution < 1.29 is 54.4 Å². The van der Waals surface area contributed by atoms with E-state index in [0.29, 0.717) is 55.3 Å². The summed E-state index contributed by atoms with van der Waals surface area (Å²) in [7, 11) is 3.05. The van der Waals surface area contributed by atoms with E-state index in [0.717, 1.165) is 5.01 Å². The Kier molecular flexibility index (Phi) is 7.68. The second kappa shape index (κ2) is 12.3. The SMILES string of the molecule is COc1cc(CNN2C(=O)c3c(c4c5ccc(O)cc5n(C5OC(CO)C(O)C(O)C5O)c4c4[nH]c5cc(O)ccc5c34)C2=O)nc2c(OC)cccc12. The molecule has 5 unspecified atom stereocenters. The van der Waals surface area contributed by atoms with Gasteiger partial charge in [-0.05, 0) is 36.4 Å². The summed E-state index contributed by atoms with van der Waals surface area (Å²) in [4.78, 5) is 37.2. The third-order valence-electron chi connectivity index (χ3n) is 10.4. The van der Waals surface area contributed by atoms with Crippen molar-refractivity contribution >= 4 is 66.3 Å². The molecule has 276 valence electrons. The quantitative estimate of drug-likeness (QED) is 0.110. The Morgan fingerprint density at radius 2 is 1.54 bits per heavy atom. The monoisotopic (exact) mass is 735 g/mol. The Labute approximate surface area is 303 Å². The molecule has 0 radical (unpaired) electrons. The highest BCUT2D eigenvalue weighted by Crippen LogP contribution is 2.48. The van der Waals surface area contributed by atoms with E-state index in [1.54, 1.807) is 24.3 Å². The number of phenolic OH excluding ortho intramolecular Hbond substituents is 2. The summed E-state index contributed by atoms with van der Waals surface area (Å²) in [6.07, 6.45) is -7.90. The number of aromatic hydroxyl groups is 2. The average molecular weight is 736 g/mol. The fourth-order valence-corrected chi connectivity index (χ4v) is 7.94. The van der Waals surface area contributed by atoms with E-state index in [-0.39, 0.29) is 45.6 Å². The molecule has 2 aliphatic rings. The highest BCUT2D eigenvalue weighted by Gasteiger charge is 2.47. The number of aromatic amines is 1. The molecule has 0 saturated carbocycles. The number of methoxy groups -OCH3 is 2. The van der Waals surface area contributed by atoms with Gasteiger partial charge in [-0.25, -0.2) is 15.4 Å². The van der Waals surface area contributed by atoms with Crippen molar-refractivity contribution in [3.63, 3.8) is 0 Å². The molecule has 2 aliphatic heterocycles. The number of aliphatic hydroxyl groups excluding tert-OH is 4. The second-order valence-electron chi connectivity index (χ2n) is 13.3. The van der Waals surface area contributed by atoms with Crippen molar-refractivity contribution in [3.05, 3.63) is 77.5 Å². The first-order valence-electron chi connectivity index (χ1n) is 17.0. The first kappa shape index (κ1) is 33.8. The van der Waals surface area contributed by atoms with Crippen molar-refractivity contribution in [1.82, 2.24) is 25.0 Å². The van der Waals surface area contributed by atoms with Crippen molar-refractivity contribution in [3.8, 4) is 23.0 Å². The predicted molar refractivity (Wildman–Crippen MR) is 193 cm³/mol. The number of para-hydroxylation sites is 1. The number of nitrogens with one attached hydrogen (secondary N) is 2. The van der Waals surface area contributed by atoms with E-state index in [4.69, 9.17) is 19.2 Å². The van der Waals surface area contributed by atoms with Gasteiger partial charge in [0.05, 0.1) is 66.3 Å². The van der Waals surface area contributed by atoms with Gasteiger partial charge in [0, 0.05) is 45.1 Å². The summed E-state index contributed by atoms with van der Waals surface area (Å²) in [5.74, 6) is -0.610. The topological polar surface area (TPSA) is 232 Å². The van der Waals surface area contributed by atoms with Crippen molar-refractivity contribution in [1.29, 1.82) is 0 Å². The number of hydrogen-bond acceptors (Lipinski definition) is 13. The lowest BCUT2D eigenvalue weighted by Gasteiger charge is -2.41. The molecule has 4 aromatic carbocycles. The Balaban J connectivity index is 1.28. The number of carbonyl (C=O) groups is 2. The lowest BCUT2D eigenvalue weighted by atomic mass is 9.96. The molecule has 0 spiro atoms. The molecular formula is C38H33N5O11. The van der Waals surface area contributed by atoms with Crippen LogP contribution in [0, 0.1) is 0 Å². The van der Waals surface area contributed by atoms with Gasteiger partial charge in [-0.1, -0.05) is 6.07 Å². The Bertz CT molecular complexity index is 2720. The lowest BCUT2D eigenvalue weighted by molar-refractivity contribution is -0.249. The van der Waals surface area contributed by atoms with Crippen LogP contribution in [0.5, 0.6) is 23.0 Å². The maximum atomic E-state index is 14.7. The van der Waals surface area contributed by atoms with Crippen LogP contribution in [0.1, 0.15) is 32.6 Å². The Morgan fingerprint density at radius 3 is 2.26 bits per heavy atom. The number of H-pyrrole nitrogens is 1. The van der Waals surface area contributed by atoms with Crippen LogP contribution in [-0.4, -0.2) is 107 Å². The fourth-order valence-electron chi connectivity index (χ4n) is 7.94. The van der Waals surface area contributed by atoms with E-state index in [1.165, 1.54) is 43.1 Å². The summed E-state index contributed by atoms with van der Waals surface area (Å²) in [6, 6.07) is 16.0. The molecule has 1 saturated heterocycles. The maximum Gasteiger partial charge on any atom is 0.276 e. The number of hydrogen-bond donors (Lipinski definition) is 8. The smallest absolute Gasteiger partial charge is 0.276 e. The number of rotatable bonds is 7. The number of nitrogens with zero attached hydrogens (tertiary/aromatic N) is 3. The molecule has 16 heteroatoms. The van der Waals surface area contributed by atoms with Gasteiger partial charge in [0.1, 0.15) is 52.9 Å². The molecule has 9 rings (SSSR count). The number of pyridine rings is 1. The van der Waals surface area contributed by atoms with Crippen LogP contribution >= 0.6 is 0 Å². The number of phenols is 2. The molecule has 5 atom stereocenters. The summed E-state index contributed by atoms with van der Waals surface area (Å²) in [5, 5.41) is 67.0. The highest BCUT2D eigenvalue weighted by molar-refractivity contribution is 6.39. The zero-order valence-electron chi connectivity index (χ0n) is 28.6. The highest BCUT2D eigenvalue weighted by atomic mass is 16.6. The van der Waals surface area contributed by atoms with Crippen LogP contribution in [0.25, 0.3) is 54.5 Å². The molecule has 0 aliphatic carbocycles. The maximum absolute atomic E-state index is 14.7. The normalized spacial score (nSPS) is 21.7. The number of hydrazine groups is 1. The van der Waals surface area contributed by atoms with Crippen LogP contribution < -0.4 is 14.9 Å². The van der Waals surface area contributed by atoms with Crippen molar-refractivity contribution in [2.24, 2.45) is 0 Å². The van der Waals surface area contributed by atoms with E-state index in [2.05, 4.69) is 10.4 Å². The zero-order valence-corrected chi connectivity index (χ0v) is 28.6. The minimum atomic E-state index is -1.75. The molecule has 0 bridgehead atoms. The van der Waals surface area contributed by atoms with Crippen LogP contribution in [0.15, 0.2) is 60.7 Å². The molecule has 1 fully saturated rings. The fraction of sp³-hybridized carbons (Fsp3) is 0.237. The third-order valence-corrected chi connectivity index (χ3v) is 10.4. The average Bonchev–Trinajstić information content (AvgIpc) is 3.78. The Morgan fingerprint density at radius 1 is 0.833 bits per heavy atom. The molecule has 7 aromatic rings. The summed E-state index contributed by atoms with van der Waals surface area (Å²) in [5.41, 5.74) is 5.21. The number of fused-ring (bicyclic) bond motifs is 11. The largest absolute Gasteiger partial charge is 0.508 e. The van der Waals surface area contributed by atoms with Gasteiger partial charge in [0.15, 0.2) is 6.23 Å². The summed E-state index contributed by atoms with van der Waals surface area (Å²) in [6.45, 7) is -0.775. The minimum Gasteiger partial charge on any atom is -0.508 e. The number of imide groups is 1. The van der Waals surface area contributed by atoms with Gasteiger partial charge in [-0.15, -0.1) is 0 Å². The molecule has 3 aromatic heterocycles. The van der Waals surface area contributed by atoms with Crippen LogP contribution in [0.4, 0.5) is 0 Å². The van der Waals surface area contributed by atoms with Crippen molar-refractivity contribution in [2.45, 2.75) is 37.2 Å². The first-order chi connectivity index (χ1) is 26.1. The summed E-state index contributed by atoms with van der Waals surface area (Å²) >= 11 is 0. The number of carbonyl (C=O) groups excluding carboxylic acids is 2.